The molecule has 0 radical (unpaired) electrons. The Morgan fingerprint density at radius 2 is 1.78 bits per heavy atom. The van der Waals surface area contributed by atoms with Crippen molar-refractivity contribution in [2.45, 2.75) is 6.54 Å². The van der Waals surface area contributed by atoms with E-state index in [-0.39, 0.29) is 0 Å². The van der Waals surface area contributed by atoms with E-state index in [1.165, 1.54) is 0 Å². The van der Waals surface area contributed by atoms with Crippen molar-refractivity contribution in [2.75, 3.05) is 0 Å². The molecule has 2 nitrogen and oxygen atoms in total. The molecule has 0 saturated carbocycles. The first kappa shape index (κ1) is 11.3. The Kier molecular flexibility index (Phi) is 2.82. The standard InChI is InChI=1S/C15H12ClNO/c16-14-8-11(10-4-2-1-3-5-10)6-12-7-13(9-17)18-15(12)14/h1-8H,9,17H2. The molecule has 18 heavy (non-hydrogen) atoms. The van der Waals surface area contributed by atoms with Crippen molar-refractivity contribution < 1.29 is 4.42 Å². The number of halogens is 1. The molecule has 0 aliphatic carbocycles. The molecule has 2 N–H and O–H groups in total. The molecule has 0 bridgehead atoms. The highest BCUT2D eigenvalue weighted by molar-refractivity contribution is 6.35. The highest BCUT2D eigenvalue weighted by Crippen LogP contribution is 2.32. The molecule has 0 amide bonds. The minimum Gasteiger partial charge on any atom is -0.458 e. The number of benzene rings is 2. The summed E-state index contributed by atoms with van der Waals surface area (Å²) in [5, 5.41) is 1.60. The molecule has 3 aromatic rings. The second-order valence-corrected chi connectivity index (χ2v) is 4.57. The van der Waals surface area contributed by atoms with Crippen molar-refractivity contribution in [1.82, 2.24) is 0 Å². The van der Waals surface area contributed by atoms with Crippen molar-refractivity contribution in [3.63, 3.8) is 0 Å². The van der Waals surface area contributed by atoms with Gasteiger partial charge in [-0.3, -0.25) is 0 Å². The van der Waals surface area contributed by atoms with Crippen molar-refractivity contribution in [3.8, 4) is 11.1 Å². The number of hydrogen-bond donors (Lipinski definition) is 1. The molecular weight excluding hydrogens is 246 g/mol. The lowest BCUT2D eigenvalue weighted by Gasteiger charge is -2.02. The fourth-order valence-corrected chi connectivity index (χ4v) is 2.33. The molecule has 0 fully saturated rings. The van der Waals surface area contributed by atoms with E-state index in [1.54, 1.807) is 0 Å². The van der Waals surface area contributed by atoms with Gasteiger partial charge in [-0.1, -0.05) is 41.9 Å². The van der Waals surface area contributed by atoms with Crippen LogP contribution in [-0.2, 0) is 6.54 Å². The molecule has 3 heteroatoms. The average Bonchev–Trinajstić information content (AvgIpc) is 2.83. The fourth-order valence-electron chi connectivity index (χ4n) is 2.06. The van der Waals surface area contributed by atoms with Gasteiger partial charge in [0.2, 0.25) is 0 Å². The summed E-state index contributed by atoms with van der Waals surface area (Å²) >= 11 is 6.25. The minimum atomic E-state index is 0.381. The lowest BCUT2D eigenvalue weighted by Crippen LogP contribution is -1.92. The van der Waals surface area contributed by atoms with Crippen LogP contribution in [0, 0.1) is 0 Å². The molecule has 3 rings (SSSR count). The normalized spacial score (nSPS) is 11.0. The molecule has 90 valence electrons. The SMILES string of the molecule is NCc1cc2cc(-c3ccccc3)cc(Cl)c2o1. The Labute approximate surface area is 110 Å². The third-order valence-corrected chi connectivity index (χ3v) is 3.21. The van der Waals surface area contributed by atoms with Gasteiger partial charge in [-0.15, -0.1) is 0 Å². The molecule has 1 aromatic heterocycles. The maximum Gasteiger partial charge on any atom is 0.152 e. The summed E-state index contributed by atoms with van der Waals surface area (Å²) in [6.45, 7) is 0.381. The minimum absolute atomic E-state index is 0.381. The quantitative estimate of drug-likeness (QED) is 0.747. The van der Waals surface area contributed by atoms with Gasteiger partial charge in [0.15, 0.2) is 5.58 Å². The molecule has 0 aliphatic heterocycles. The molecule has 2 aromatic carbocycles. The number of fused-ring (bicyclic) bond motifs is 1. The van der Waals surface area contributed by atoms with Crippen LogP contribution in [0.4, 0.5) is 0 Å². The lowest BCUT2D eigenvalue weighted by atomic mass is 10.0. The zero-order valence-electron chi connectivity index (χ0n) is 9.69. The second kappa shape index (κ2) is 4.48. The Hall–Kier alpha value is -1.77. The van der Waals surface area contributed by atoms with Gasteiger partial charge in [-0.05, 0) is 29.3 Å². The van der Waals surface area contributed by atoms with Crippen LogP contribution in [0.25, 0.3) is 22.1 Å². The summed E-state index contributed by atoms with van der Waals surface area (Å²) in [7, 11) is 0. The van der Waals surface area contributed by atoms with E-state index >= 15 is 0 Å². The van der Waals surface area contributed by atoms with E-state index in [1.807, 2.05) is 30.3 Å². The fraction of sp³-hybridized carbons (Fsp3) is 0.0667. The maximum absolute atomic E-state index is 6.25. The van der Waals surface area contributed by atoms with Crippen LogP contribution in [0.15, 0.2) is 52.9 Å². The number of rotatable bonds is 2. The van der Waals surface area contributed by atoms with E-state index in [9.17, 15) is 0 Å². The third kappa shape index (κ3) is 1.90. The van der Waals surface area contributed by atoms with Crippen LogP contribution in [0.5, 0.6) is 0 Å². The molecule has 0 saturated heterocycles. The Morgan fingerprint density at radius 1 is 1.00 bits per heavy atom. The summed E-state index contributed by atoms with van der Waals surface area (Å²) in [5.74, 6) is 0.747. The largest absolute Gasteiger partial charge is 0.458 e. The van der Waals surface area contributed by atoms with Crippen molar-refractivity contribution in [1.29, 1.82) is 0 Å². The van der Waals surface area contributed by atoms with Crippen LogP contribution in [0.1, 0.15) is 5.76 Å². The third-order valence-electron chi connectivity index (χ3n) is 2.93. The smallest absolute Gasteiger partial charge is 0.152 e. The summed E-state index contributed by atoms with van der Waals surface area (Å²) in [6, 6.07) is 16.1. The van der Waals surface area contributed by atoms with E-state index in [0.29, 0.717) is 17.2 Å². The van der Waals surface area contributed by atoms with E-state index in [2.05, 4.69) is 18.2 Å². The topological polar surface area (TPSA) is 39.2 Å². The summed E-state index contributed by atoms with van der Waals surface area (Å²) < 4.78 is 5.58. The van der Waals surface area contributed by atoms with Crippen LogP contribution in [0.3, 0.4) is 0 Å². The van der Waals surface area contributed by atoms with Gasteiger partial charge in [0.1, 0.15) is 5.76 Å². The van der Waals surface area contributed by atoms with Crippen LogP contribution in [0.2, 0.25) is 5.02 Å². The predicted octanol–water partition coefficient (Wildman–Crippen LogP) is 4.21. The van der Waals surface area contributed by atoms with Crippen molar-refractivity contribution in [2.24, 2.45) is 5.73 Å². The van der Waals surface area contributed by atoms with E-state index in [0.717, 1.165) is 22.3 Å². The Morgan fingerprint density at radius 3 is 2.50 bits per heavy atom. The van der Waals surface area contributed by atoms with Crippen molar-refractivity contribution in [3.05, 3.63) is 59.3 Å². The van der Waals surface area contributed by atoms with Gasteiger partial charge < -0.3 is 10.2 Å². The molecular formula is C15H12ClNO. The molecule has 0 spiro atoms. The summed E-state index contributed by atoms with van der Waals surface area (Å²) in [6.07, 6.45) is 0. The first-order valence-electron chi connectivity index (χ1n) is 5.75. The van der Waals surface area contributed by atoms with Gasteiger partial charge in [-0.2, -0.15) is 0 Å². The van der Waals surface area contributed by atoms with Gasteiger partial charge in [0, 0.05) is 5.39 Å². The van der Waals surface area contributed by atoms with E-state index < -0.39 is 0 Å². The molecule has 0 atom stereocenters. The van der Waals surface area contributed by atoms with Gasteiger partial charge in [-0.25, -0.2) is 0 Å². The van der Waals surface area contributed by atoms with Crippen molar-refractivity contribution >= 4 is 22.6 Å². The second-order valence-electron chi connectivity index (χ2n) is 4.16. The first-order chi connectivity index (χ1) is 8.78. The Balaban J connectivity index is 2.21. The maximum atomic E-state index is 6.25. The highest BCUT2D eigenvalue weighted by Gasteiger charge is 2.09. The summed E-state index contributed by atoms with van der Waals surface area (Å²) in [5.41, 5.74) is 8.50. The van der Waals surface area contributed by atoms with E-state index in [4.69, 9.17) is 21.8 Å². The number of hydrogen-bond acceptors (Lipinski definition) is 2. The molecule has 1 heterocycles. The first-order valence-corrected chi connectivity index (χ1v) is 6.13. The lowest BCUT2D eigenvalue weighted by molar-refractivity contribution is 0.552. The van der Waals surface area contributed by atoms with Crippen LogP contribution in [-0.4, -0.2) is 0 Å². The molecule has 0 aliphatic rings. The van der Waals surface area contributed by atoms with Gasteiger partial charge >= 0.3 is 0 Å². The highest BCUT2D eigenvalue weighted by atomic mass is 35.5. The summed E-state index contributed by atoms with van der Waals surface area (Å²) in [4.78, 5) is 0. The zero-order valence-corrected chi connectivity index (χ0v) is 10.4. The predicted molar refractivity (Wildman–Crippen MR) is 74.6 cm³/mol. The van der Waals surface area contributed by atoms with Gasteiger partial charge in [0.05, 0.1) is 11.6 Å². The monoisotopic (exact) mass is 257 g/mol. The Bertz CT molecular complexity index is 688. The van der Waals surface area contributed by atoms with Crippen LogP contribution < -0.4 is 5.73 Å². The van der Waals surface area contributed by atoms with Gasteiger partial charge in [0.25, 0.3) is 0 Å². The molecule has 0 unspecified atom stereocenters. The zero-order chi connectivity index (χ0) is 12.5. The number of furan rings is 1. The average molecular weight is 258 g/mol. The number of nitrogens with two attached hydrogens (primary N) is 1. The van der Waals surface area contributed by atoms with Crippen LogP contribution >= 0.6 is 11.6 Å².